The topological polar surface area (TPSA) is 30.5 Å². The Morgan fingerprint density at radius 3 is 2.69 bits per heavy atom. The van der Waals surface area contributed by atoms with Gasteiger partial charge in [0.2, 0.25) is 0 Å². The van der Waals surface area contributed by atoms with Gasteiger partial charge in [-0.05, 0) is 24.6 Å². The predicted octanol–water partition coefficient (Wildman–Crippen LogP) is 2.17. The molecule has 0 bridgehead atoms. The number of halogens is 1. The number of hydrogen-bond donors (Lipinski definition) is 1. The van der Waals surface area contributed by atoms with Crippen molar-refractivity contribution in [3.8, 4) is 5.75 Å². The van der Waals surface area contributed by atoms with Crippen molar-refractivity contribution in [2.45, 2.75) is 13.0 Å². The lowest BCUT2D eigenvalue weighted by atomic mass is 10.1. The fourth-order valence-electron chi connectivity index (χ4n) is 1.74. The summed E-state index contributed by atoms with van der Waals surface area (Å²) < 4.78 is 10.8. The number of nitrogens with one attached hydrogen (secondary N) is 1. The molecule has 1 aliphatic heterocycles. The third-order valence-electron chi connectivity index (χ3n) is 2.52. The summed E-state index contributed by atoms with van der Waals surface area (Å²) in [6.07, 6.45) is 0. The molecule has 0 unspecified atom stereocenters. The van der Waals surface area contributed by atoms with Crippen LogP contribution in [0.3, 0.4) is 0 Å². The molecule has 90 valence electrons. The molecule has 0 amide bonds. The Bertz CT molecular complexity index is 296. The molecule has 0 radical (unpaired) electrons. The van der Waals surface area contributed by atoms with Gasteiger partial charge in [0.25, 0.3) is 0 Å². The van der Waals surface area contributed by atoms with E-state index < -0.39 is 0 Å². The van der Waals surface area contributed by atoms with Crippen molar-refractivity contribution < 1.29 is 9.47 Å². The Morgan fingerprint density at radius 1 is 1.38 bits per heavy atom. The van der Waals surface area contributed by atoms with Crippen LogP contribution in [0.2, 0.25) is 0 Å². The van der Waals surface area contributed by atoms with Gasteiger partial charge in [-0.1, -0.05) is 12.1 Å². The Balaban J connectivity index is 0.00000128. The highest BCUT2D eigenvalue weighted by molar-refractivity contribution is 5.85. The summed E-state index contributed by atoms with van der Waals surface area (Å²) in [4.78, 5) is 0. The SMILES string of the molecule is CCOc1ccc([C@@H]2COCCN2)cc1.Cl. The maximum Gasteiger partial charge on any atom is 0.119 e. The highest BCUT2D eigenvalue weighted by Gasteiger charge is 2.14. The molecule has 1 aliphatic rings. The predicted molar refractivity (Wildman–Crippen MR) is 66.4 cm³/mol. The Morgan fingerprint density at radius 2 is 2.12 bits per heavy atom. The first-order valence-corrected chi connectivity index (χ1v) is 5.44. The molecule has 1 heterocycles. The van der Waals surface area contributed by atoms with E-state index in [1.54, 1.807) is 0 Å². The van der Waals surface area contributed by atoms with E-state index in [9.17, 15) is 0 Å². The maximum absolute atomic E-state index is 5.42. The molecule has 1 aromatic carbocycles. The third-order valence-corrected chi connectivity index (χ3v) is 2.52. The van der Waals surface area contributed by atoms with Gasteiger partial charge in [0.1, 0.15) is 5.75 Å². The first kappa shape index (κ1) is 13.3. The molecule has 3 nitrogen and oxygen atoms in total. The van der Waals surface area contributed by atoms with Crippen LogP contribution >= 0.6 is 12.4 Å². The minimum Gasteiger partial charge on any atom is -0.494 e. The van der Waals surface area contributed by atoms with Gasteiger partial charge in [0.05, 0.1) is 25.9 Å². The van der Waals surface area contributed by atoms with Gasteiger partial charge in [-0.2, -0.15) is 0 Å². The van der Waals surface area contributed by atoms with E-state index in [1.165, 1.54) is 5.56 Å². The van der Waals surface area contributed by atoms with Crippen molar-refractivity contribution in [2.24, 2.45) is 0 Å². The van der Waals surface area contributed by atoms with Crippen molar-refractivity contribution in [1.29, 1.82) is 0 Å². The summed E-state index contributed by atoms with van der Waals surface area (Å²) in [7, 11) is 0. The van der Waals surface area contributed by atoms with E-state index >= 15 is 0 Å². The molecule has 1 saturated heterocycles. The van der Waals surface area contributed by atoms with Gasteiger partial charge in [0.15, 0.2) is 0 Å². The van der Waals surface area contributed by atoms with E-state index in [1.807, 2.05) is 19.1 Å². The van der Waals surface area contributed by atoms with Gasteiger partial charge < -0.3 is 14.8 Å². The Labute approximate surface area is 103 Å². The zero-order chi connectivity index (χ0) is 10.5. The fraction of sp³-hybridized carbons (Fsp3) is 0.500. The molecule has 1 fully saturated rings. The van der Waals surface area contributed by atoms with E-state index in [-0.39, 0.29) is 12.4 Å². The van der Waals surface area contributed by atoms with Crippen LogP contribution in [0, 0.1) is 0 Å². The highest BCUT2D eigenvalue weighted by atomic mass is 35.5. The van der Waals surface area contributed by atoms with E-state index in [0.717, 1.165) is 25.5 Å². The third kappa shape index (κ3) is 3.37. The molecular weight excluding hydrogens is 226 g/mol. The van der Waals surface area contributed by atoms with Crippen molar-refractivity contribution >= 4 is 12.4 Å². The number of morpholine rings is 1. The Hall–Kier alpha value is -0.770. The molecule has 0 aromatic heterocycles. The molecule has 0 spiro atoms. The summed E-state index contributed by atoms with van der Waals surface area (Å²) in [5, 5.41) is 3.42. The van der Waals surface area contributed by atoms with E-state index in [4.69, 9.17) is 9.47 Å². The average Bonchev–Trinajstić information content (AvgIpc) is 2.32. The van der Waals surface area contributed by atoms with Gasteiger partial charge in [-0.25, -0.2) is 0 Å². The lowest BCUT2D eigenvalue weighted by Gasteiger charge is -2.24. The van der Waals surface area contributed by atoms with Crippen LogP contribution in [0.4, 0.5) is 0 Å². The molecule has 1 aromatic rings. The van der Waals surface area contributed by atoms with Crippen LogP contribution in [-0.2, 0) is 4.74 Å². The van der Waals surface area contributed by atoms with Crippen LogP contribution < -0.4 is 10.1 Å². The largest absolute Gasteiger partial charge is 0.494 e. The highest BCUT2D eigenvalue weighted by Crippen LogP contribution is 2.19. The standard InChI is InChI=1S/C12H17NO2.ClH/c1-2-15-11-5-3-10(4-6-11)12-9-14-8-7-13-12;/h3-6,12-13H,2,7-9H2,1H3;1H/t12-;/m0./s1. The van der Waals surface area contributed by atoms with Crippen LogP contribution in [0.1, 0.15) is 18.5 Å². The van der Waals surface area contributed by atoms with Crippen molar-refractivity contribution in [3.05, 3.63) is 29.8 Å². The normalized spacial score (nSPS) is 19.9. The van der Waals surface area contributed by atoms with Crippen LogP contribution in [0.25, 0.3) is 0 Å². The zero-order valence-corrected chi connectivity index (χ0v) is 10.3. The zero-order valence-electron chi connectivity index (χ0n) is 9.44. The van der Waals surface area contributed by atoms with Crippen LogP contribution in [-0.4, -0.2) is 26.4 Å². The molecular formula is C12H18ClNO2. The smallest absolute Gasteiger partial charge is 0.119 e. The molecule has 0 saturated carbocycles. The second kappa shape index (κ2) is 6.74. The average molecular weight is 244 g/mol. The molecule has 4 heteroatoms. The summed E-state index contributed by atoms with van der Waals surface area (Å²) in [6, 6.07) is 8.54. The Kier molecular flexibility index (Phi) is 5.60. The van der Waals surface area contributed by atoms with Crippen molar-refractivity contribution in [1.82, 2.24) is 5.32 Å². The minimum atomic E-state index is 0. The summed E-state index contributed by atoms with van der Waals surface area (Å²) in [5.74, 6) is 0.929. The van der Waals surface area contributed by atoms with Gasteiger partial charge >= 0.3 is 0 Å². The first-order chi connectivity index (χ1) is 7.40. The summed E-state index contributed by atoms with van der Waals surface area (Å²) in [6.45, 7) is 5.20. The monoisotopic (exact) mass is 243 g/mol. The number of ether oxygens (including phenoxy) is 2. The van der Waals surface area contributed by atoms with Crippen molar-refractivity contribution in [3.63, 3.8) is 0 Å². The van der Waals surface area contributed by atoms with Crippen LogP contribution in [0.5, 0.6) is 5.75 Å². The van der Waals surface area contributed by atoms with Gasteiger partial charge in [-0.15, -0.1) is 12.4 Å². The maximum atomic E-state index is 5.42. The number of benzene rings is 1. The molecule has 1 atom stereocenters. The fourth-order valence-corrected chi connectivity index (χ4v) is 1.74. The van der Waals surface area contributed by atoms with Gasteiger partial charge in [0, 0.05) is 6.54 Å². The van der Waals surface area contributed by atoms with E-state index in [2.05, 4.69) is 17.4 Å². The quantitative estimate of drug-likeness (QED) is 0.883. The first-order valence-electron chi connectivity index (χ1n) is 5.44. The van der Waals surface area contributed by atoms with E-state index in [0.29, 0.717) is 12.6 Å². The molecule has 2 rings (SSSR count). The second-order valence-corrected chi connectivity index (χ2v) is 3.58. The molecule has 16 heavy (non-hydrogen) atoms. The summed E-state index contributed by atoms with van der Waals surface area (Å²) >= 11 is 0. The second-order valence-electron chi connectivity index (χ2n) is 3.58. The van der Waals surface area contributed by atoms with Gasteiger partial charge in [-0.3, -0.25) is 0 Å². The lowest BCUT2D eigenvalue weighted by Crippen LogP contribution is -2.34. The number of rotatable bonds is 3. The molecule has 0 aliphatic carbocycles. The molecule has 1 N–H and O–H groups in total. The minimum absolute atomic E-state index is 0. The van der Waals surface area contributed by atoms with Crippen LogP contribution in [0.15, 0.2) is 24.3 Å². The van der Waals surface area contributed by atoms with Crippen molar-refractivity contribution in [2.75, 3.05) is 26.4 Å². The number of hydrogen-bond acceptors (Lipinski definition) is 3. The lowest BCUT2D eigenvalue weighted by molar-refractivity contribution is 0.0768. The summed E-state index contributed by atoms with van der Waals surface area (Å²) in [5.41, 5.74) is 1.26.